The van der Waals surface area contributed by atoms with E-state index in [1.54, 1.807) is 19.2 Å². The van der Waals surface area contributed by atoms with Crippen LogP contribution in [0.15, 0.2) is 18.2 Å². The van der Waals surface area contributed by atoms with E-state index in [0.29, 0.717) is 24.5 Å². The molecule has 2 heterocycles. The SMILES string of the molecule is CNc1ccc2c(c1)N(C(=O)C1CNC1)C(=O)CO2. The Morgan fingerprint density at radius 3 is 2.89 bits per heavy atom. The summed E-state index contributed by atoms with van der Waals surface area (Å²) in [5.41, 5.74) is 1.36. The number of imide groups is 1. The lowest BCUT2D eigenvalue weighted by atomic mass is 10.0. The van der Waals surface area contributed by atoms with Crippen LogP contribution in [0.25, 0.3) is 0 Å². The highest BCUT2D eigenvalue weighted by atomic mass is 16.5. The van der Waals surface area contributed by atoms with Crippen molar-refractivity contribution < 1.29 is 14.3 Å². The van der Waals surface area contributed by atoms with Gasteiger partial charge in [0.2, 0.25) is 5.91 Å². The van der Waals surface area contributed by atoms with E-state index in [0.717, 1.165) is 5.69 Å². The van der Waals surface area contributed by atoms with Crippen LogP contribution in [-0.2, 0) is 9.59 Å². The average Bonchev–Trinajstić information content (AvgIpc) is 2.35. The topological polar surface area (TPSA) is 70.7 Å². The molecule has 2 aliphatic rings. The fraction of sp³-hybridized carbons (Fsp3) is 0.385. The van der Waals surface area contributed by atoms with E-state index in [-0.39, 0.29) is 24.3 Å². The van der Waals surface area contributed by atoms with Gasteiger partial charge in [0.1, 0.15) is 5.75 Å². The van der Waals surface area contributed by atoms with Crippen LogP contribution in [0, 0.1) is 5.92 Å². The summed E-state index contributed by atoms with van der Waals surface area (Å²) in [5.74, 6) is -0.00780. The van der Waals surface area contributed by atoms with Gasteiger partial charge < -0.3 is 15.4 Å². The minimum atomic E-state index is -0.308. The van der Waals surface area contributed by atoms with Crippen molar-refractivity contribution in [1.29, 1.82) is 0 Å². The minimum Gasteiger partial charge on any atom is -0.482 e. The first-order chi connectivity index (χ1) is 9.20. The van der Waals surface area contributed by atoms with Gasteiger partial charge in [0.15, 0.2) is 6.61 Å². The summed E-state index contributed by atoms with van der Waals surface area (Å²) >= 11 is 0. The number of nitrogens with zero attached hydrogens (tertiary/aromatic N) is 1. The van der Waals surface area contributed by atoms with Crippen LogP contribution in [0.3, 0.4) is 0 Å². The number of carbonyl (C=O) groups excluding carboxylic acids is 2. The maximum Gasteiger partial charge on any atom is 0.271 e. The Kier molecular flexibility index (Phi) is 2.87. The van der Waals surface area contributed by atoms with Crippen molar-refractivity contribution in [3.8, 4) is 5.75 Å². The number of fused-ring (bicyclic) bond motifs is 1. The molecule has 0 radical (unpaired) electrons. The normalized spacial score (nSPS) is 18.4. The van der Waals surface area contributed by atoms with Crippen molar-refractivity contribution in [3.63, 3.8) is 0 Å². The first kappa shape index (κ1) is 12.0. The molecular formula is C13H15N3O3. The first-order valence-corrected chi connectivity index (χ1v) is 6.23. The third-order valence-corrected chi connectivity index (χ3v) is 3.44. The molecule has 6 nitrogen and oxygen atoms in total. The molecule has 0 unspecified atom stereocenters. The average molecular weight is 261 g/mol. The van der Waals surface area contributed by atoms with Gasteiger partial charge >= 0.3 is 0 Å². The Hall–Kier alpha value is -2.08. The van der Waals surface area contributed by atoms with Crippen LogP contribution in [0.2, 0.25) is 0 Å². The Labute approximate surface area is 110 Å². The molecule has 1 aromatic rings. The number of hydrogen-bond acceptors (Lipinski definition) is 5. The second-order valence-electron chi connectivity index (χ2n) is 4.64. The minimum absolute atomic E-state index is 0.0855. The molecule has 3 rings (SSSR count). The molecule has 6 heteroatoms. The van der Waals surface area contributed by atoms with Crippen LogP contribution in [-0.4, -0.2) is 38.6 Å². The molecule has 1 aromatic carbocycles. The van der Waals surface area contributed by atoms with Crippen molar-refractivity contribution in [2.45, 2.75) is 0 Å². The highest BCUT2D eigenvalue weighted by Gasteiger charge is 2.37. The number of benzene rings is 1. The van der Waals surface area contributed by atoms with Gasteiger partial charge in [0.05, 0.1) is 11.6 Å². The molecule has 0 bridgehead atoms. The van der Waals surface area contributed by atoms with Crippen molar-refractivity contribution in [1.82, 2.24) is 5.32 Å². The molecule has 19 heavy (non-hydrogen) atoms. The van der Waals surface area contributed by atoms with E-state index in [1.807, 2.05) is 6.07 Å². The van der Waals surface area contributed by atoms with Crippen LogP contribution in [0.4, 0.5) is 11.4 Å². The summed E-state index contributed by atoms with van der Waals surface area (Å²) < 4.78 is 5.36. The second-order valence-corrected chi connectivity index (χ2v) is 4.64. The summed E-state index contributed by atoms with van der Waals surface area (Å²) in [6, 6.07) is 5.38. The predicted molar refractivity (Wildman–Crippen MR) is 70.3 cm³/mol. The summed E-state index contributed by atoms with van der Waals surface area (Å²) in [4.78, 5) is 25.6. The van der Waals surface area contributed by atoms with Crippen molar-refractivity contribution in [3.05, 3.63) is 18.2 Å². The van der Waals surface area contributed by atoms with Gasteiger partial charge in [0, 0.05) is 25.8 Å². The van der Waals surface area contributed by atoms with Crippen LogP contribution < -0.4 is 20.3 Å². The number of nitrogens with one attached hydrogen (secondary N) is 2. The van der Waals surface area contributed by atoms with Crippen LogP contribution in [0.5, 0.6) is 5.75 Å². The lowest BCUT2D eigenvalue weighted by molar-refractivity contribution is -0.131. The Bertz CT molecular complexity index is 540. The fourth-order valence-corrected chi connectivity index (χ4v) is 2.20. The molecule has 1 fully saturated rings. The smallest absolute Gasteiger partial charge is 0.271 e. The maximum absolute atomic E-state index is 12.3. The van der Waals surface area contributed by atoms with Crippen molar-refractivity contribution in [2.75, 3.05) is 37.0 Å². The van der Waals surface area contributed by atoms with Gasteiger partial charge in [-0.1, -0.05) is 0 Å². The lowest BCUT2D eigenvalue weighted by Gasteiger charge is -2.34. The first-order valence-electron chi connectivity index (χ1n) is 6.23. The predicted octanol–water partition coefficient (Wildman–Crippen LogP) is 0.200. The molecule has 2 N–H and O–H groups in total. The molecule has 0 atom stereocenters. The van der Waals surface area contributed by atoms with Crippen molar-refractivity contribution in [2.24, 2.45) is 5.92 Å². The molecule has 1 saturated heterocycles. The monoisotopic (exact) mass is 261 g/mol. The zero-order chi connectivity index (χ0) is 13.4. The van der Waals surface area contributed by atoms with E-state index in [2.05, 4.69) is 10.6 Å². The van der Waals surface area contributed by atoms with E-state index in [4.69, 9.17) is 4.74 Å². The van der Waals surface area contributed by atoms with E-state index < -0.39 is 0 Å². The maximum atomic E-state index is 12.3. The number of rotatable bonds is 2. The highest BCUT2D eigenvalue weighted by molar-refractivity contribution is 6.18. The number of anilines is 2. The summed E-state index contributed by atoms with van der Waals surface area (Å²) in [5, 5.41) is 6.03. The Morgan fingerprint density at radius 2 is 2.26 bits per heavy atom. The van der Waals surface area contributed by atoms with Gasteiger partial charge in [-0.05, 0) is 18.2 Å². The van der Waals surface area contributed by atoms with Gasteiger partial charge in [-0.3, -0.25) is 9.59 Å². The van der Waals surface area contributed by atoms with Gasteiger partial charge in [-0.15, -0.1) is 0 Å². The fourth-order valence-electron chi connectivity index (χ4n) is 2.20. The highest BCUT2D eigenvalue weighted by Crippen LogP contribution is 2.35. The molecule has 0 spiro atoms. The number of ether oxygens (including phenoxy) is 1. The second kappa shape index (κ2) is 4.55. The van der Waals surface area contributed by atoms with Crippen molar-refractivity contribution >= 4 is 23.2 Å². The Morgan fingerprint density at radius 1 is 1.47 bits per heavy atom. The standard InChI is InChI=1S/C13H15N3O3/c1-14-9-2-3-11-10(4-9)16(12(17)7-19-11)13(18)8-5-15-6-8/h2-4,8,14-15H,5-7H2,1H3. The zero-order valence-electron chi connectivity index (χ0n) is 10.6. The lowest BCUT2D eigenvalue weighted by Crippen LogP contribution is -2.55. The zero-order valence-corrected chi connectivity index (χ0v) is 10.6. The van der Waals surface area contributed by atoms with Crippen LogP contribution >= 0.6 is 0 Å². The largest absolute Gasteiger partial charge is 0.482 e. The third kappa shape index (κ3) is 1.94. The molecule has 0 saturated carbocycles. The van der Waals surface area contributed by atoms with Crippen LogP contribution in [0.1, 0.15) is 0 Å². The van der Waals surface area contributed by atoms with Gasteiger partial charge in [-0.25, -0.2) is 4.90 Å². The number of hydrogen-bond donors (Lipinski definition) is 2. The van der Waals surface area contributed by atoms with E-state index in [9.17, 15) is 9.59 Å². The van der Waals surface area contributed by atoms with Gasteiger partial charge in [0.25, 0.3) is 5.91 Å². The summed E-state index contributed by atoms with van der Waals surface area (Å²) in [7, 11) is 1.79. The number of carbonyl (C=O) groups is 2. The third-order valence-electron chi connectivity index (χ3n) is 3.44. The quantitative estimate of drug-likeness (QED) is 0.744. The molecule has 0 aromatic heterocycles. The molecule has 0 aliphatic carbocycles. The van der Waals surface area contributed by atoms with E-state index >= 15 is 0 Å². The molecule has 100 valence electrons. The summed E-state index contributed by atoms with van der Waals surface area (Å²) in [6.45, 7) is 1.17. The molecule has 2 amide bonds. The molecule has 2 aliphatic heterocycles. The Balaban J connectivity index is 1.99. The van der Waals surface area contributed by atoms with Gasteiger partial charge in [-0.2, -0.15) is 0 Å². The van der Waals surface area contributed by atoms with E-state index in [1.165, 1.54) is 4.90 Å². The molecular weight excluding hydrogens is 246 g/mol. The summed E-state index contributed by atoms with van der Waals surface area (Å²) in [6.07, 6.45) is 0. The number of amides is 2.